The molecule has 10 heteroatoms. The quantitative estimate of drug-likeness (QED) is 0.472. The van der Waals surface area contributed by atoms with E-state index in [0.29, 0.717) is 48.0 Å². The van der Waals surface area contributed by atoms with Gasteiger partial charge in [0, 0.05) is 18.0 Å². The van der Waals surface area contributed by atoms with E-state index in [4.69, 9.17) is 0 Å². The van der Waals surface area contributed by atoms with Gasteiger partial charge in [-0.15, -0.1) is 0 Å². The molecule has 3 aromatic rings. The van der Waals surface area contributed by atoms with Gasteiger partial charge >= 0.3 is 0 Å². The van der Waals surface area contributed by atoms with E-state index in [1.807, 2.05) is 13.0 Å². The largest absolute Gasteiger partial charge is 0.295 e. The fraction of sp³-hybridized carbons (Fsp3) is 0.500. The Balaban J connectivity index is 1.53. The Hall–Kier alpha value is -2.75. The first-order chi connectivity index (χ1) is 17.1. The van der Waals surface area contributed by atoms with Crippen LogP contribution < -0.4 is 5.56 Å². The van der Waals surface area contributed by atoms with E-state index in [0.717, 1.165) is 6.07 Å². The van der Waals surface area contributed by atoms with Gasteiger partial charge in [0.15, 0.2) is 9.84 Å². The lowest BCUT2D eigenvalue weighted by atomic mass is 9.89. The third kappa shape index (κ3) is 4.33. The third-order valence-corrected chi connectivity index (χ3v) is 9.87. The van der Waals surface area contributed by atoms with Crippen molar-refractivity contribution in [3.8, 4) is 0 Å². The Kier molecular flexibility index (Phi) is 6.43. The highest BCUT2D eigenvalue weighted by Crippen LogP contribution is 2.46. The molecule has 6 nitrogen and oxygen atoms in total. The summed E-state index contributed by atoms with van der Waals surface area (Å²) in [5.74, 6) is -0.830. The van der Waals surface area contributed by atoms with Crippen molar-refractivity contribution in [2.45, 2.75) is 50.9 Å². The maximum Gasteiger partial charge on any atom is 0.266 e. The molecule has 2 aliphatic rings. The van der Waals surface area contributed by atoms with Crippen molar-refractivity contribution in [1.82, 2.24) is 14.5 Å². The zero-order valence-electron chi connectivity index (χ0n) is 20.1. The number of benzene rings is 1. The standard InChI is InChI=1S/C26H28F3N3O3S/c1-3-14(18-5-4-6-19(23(18)27)24(28)29)9-22-21-10-20(26(33)32(2)25(21)31-13-30-22)15-7-16-11-36(34,35)12-17(16)8-15/h4-6,10,13-17,24H,3,7-9,11-12H2,1-2H3/t14-,15-,16-,17+/m0/s1. The number of pyridine rings is 1. The van der Waals surface area contributed by atoms with Crippen molar-refractivity contribution in [3.63, 3.8) is 0 Å². The number of sulfone groups is 1. The zero-order chi connectivity index (χ0) is 25.8. The van der Waals surface area contributed by atoms with Gasteiger partial charge in [0.1, 0.15) is 17.8 Å². The van der Waals surface area contributed by atoms with Crippen LogP contribution in [0.3, 0.4) is 0 Å². The average molecular weight is 520 g/mol. The fourth-order valence-corrected chi connectivity index (χ4v) is 8.41. The number of aromatic nitrogens is 3. The summed E-state index contributed by atoms with van der Waals surface area (Å²) in [6.07, 6.45) is 0.563. The van der Waals surface area contributed by atoms with Crippen LogP contribution in [0.25, 0.3) is 11.0 Å². The summed E-state index contributed by atoms with van der Waals surface area (Å²) in [5.41, 5.74) is 1.13. The maximum absolute atomic E-state index is 14.9. The molecule has 1 saturated heterocycles. The van der Waals surface area contributed by atoms with Crippen molar-refractivity contribution >= 4 is 20.9 Å². The van der Waals surface area contributed by atoms with Crippen LogP contribution in [0.2, 0.25) is 0 Å². The summed E-state index contributed by atoms with van der Waals surface area (Å²) in [4.78, 5) is 22.0. The lowest BCUT2D eigenvalue weighted by Crippen LogP contribution is -2.24. The molecule has 1 aliphatic carbocycles. The van der Waals surface area contributed by atoms with E-state index < -0.39 is 33.6 Å². The van der Waals surface area contributed by atoms with Gasteiger partial charge in [-0.1, -0.05) is 25.1 Å². The number of rotatable bonds is 6. The number of hydrogen-bond donors (Lipinski definition) is 0. The molecule has 2 fully saturated rings. The number of aryl methyl sites for hydroxylation is 1. The summed E-state index contributed by atoms with van der Waals surface area (Å²) < 4.78 is 67.0. The molecular formula is C26H28F3N3O3S. The van der Waals surface area contributed by atoms with Crippen LogP contribution in [-0.2, 0) is 23.3 Å². The average Bonchev–Trinajstić information content (AvgIpc) is 3.33. The third-order valence-electron chi connectivity index (χ3n) is 8.00. The summed E-state index contributed by atoms with van der Waals surface area (Å²) in [6.45, 7) is 1.87. The molecule has 3 heterocycles. The van der Waals surface area contributed by atoms with Crippen LogP contribution in [-0.4, -0.2) is 34.5 Å². The maximum atomic E-state index is 14.9. The molecule has 2 aromatic heterocycles. The topological polar surface area (TPSA) is 81.9 Å². The van der Waals surface area contributed by atoms with Gasteiger partial charge in [-0.05, 0) is 61.0 Å². The minimum absolute atomic E-state index is 0.0474. The second kappa shape index (κ2) is 9.28. The second-order valence-electron chi connectivity index (χ2n) is 10.1. The highest BCUT2D eigenvalue weighted by atomic mass is 32.2. The fourth-order valence-electron chi connectivity index (χ4n) is 6.15. The Morgan fingerprint density at radius 1 is 1.11 bits per heavy atom. The van der Waals surface area contributed by atoms with Crippen LogP contribution in [0.1, 0.15) is 66.8 Å². The molecule has 0 unspecified atom stereocenters. The summed E-state index contributed by atoms with van der Waals surface area (Å²) in [7, 11) is -1.36. The monoisotopic (exact) mass is 519 g/mol. The van der Waals surface area contributed by atoms with Crippen LogP contribution in [0.4, 0.5) is 13.2 Å². The summed E-state index contributed by atoms with van der Waals surface area (Å²) in [6, 6.07) is 5.89. The van der Waals surface area contributed by atoms with E-state index in [1.54, 1.807) is 7.05 Å². The molecule has 1 saturated carbocycles. The van der Waals surface area contributed by atoms with Crippen LogP contribution in [0, 0.1) is 17.7 Å². The second-order valence-corrected chi connectivity index (χ2v) is 12.3. The number of halogens is 3. The van der Waals surface area contributed by atoms with Crippen molar-refractivity contribution in [2.24, 2.45) is 18.9 Å². The van der Waals surface area contributed by atoms with Crippen molar-refractivity contribution in [1.29, 1.82) is 0 Å². The van der Waals surface area contributed by atoms with Crippen LogP contribution in [0.15, 0.2) is 35.4 Å². The minimum Gasteiger partial charge on any atom is -0.295 e. The highest BCUT2D eigenvalue weighted by Gasteiger charge is 2.45. The van der Waals surface area contributed by atoms with E-state index in [9.17, 15) is 26.4 Å². The zero-order valence-corrected chi connectivity index (χ0v) is 20.9. The predicted octanol–water partition coefficient (Wildman–Crippen LogP) is 4.68. The Morgan fingerprint density at radius 2 is 1.78 bits per heavy atom. The Morgan fingerprint density at radius 3 is 2.42 bits per heavy atom. The number of alkyl halides is 2. The van der Waals surface area contributed by atoms with Crippen LogP contribution in [0.5, 0.6) is 0 Å². The normalized spacial score (nSPS) is 23.9. The van der Waals surface area contributed by atoms with Gasteiger partial charge in [0.25, 0.3) is 12.0 Å². The molecular weight excluding hydrogens is 491 g/mol. The molecule has 0 N–H and O–H groups in total. The molecule has 4 atom stereocenters. The number of hydrogen-bond acceptors (Lipinski definition) is 5. The first-order valence-corrected chi connectivity index (χ1v) is 14.0. The highest BCUT2D eigenvalue weighted by molar-refractivity contribution is 7.91. The van der Waals surface area contributed by atoms with E-state index >= 15 is 0 Å². The molecule has 0 spiro atoms. The first kappa shape index (κ1) is 24.9. The molecule has 1 aliphatic heterocycles. The molecule has 0 radical (unpaired) electrons. The molecule has 0 bridgehead atoms. The molecule has 1 aromatic carbocycles. The number of nitrogens with zero attached hydrogens (tertiary/aromatic N) is 3. The lowest BCUT2D eigenvalue weighted by Gasteiger charge is -2.19. The predicted molar refractivity (Wildman–Crippen MR) is 130 cm³/mol. The minimum atomic E-state index is -3.01. The van der Waals surface area contributed by atoms with Gasteiger partial charge in [-0.3, -0.25) is 9.36 Å². The lowest BCUT2D eigenvalue weighted by molar-refractivity contribution is 0.146. The van der Waals surface area contributed by atoms with E-state index in [-0.39, 0.29) is 40.4 Å². The summed E-state index contributed by atoms with van der Waals surface area (Å²) in [5, 5.41) is 0.670. The SMILES string of the molecule is CC[C@@H](Cc1ncnc2c1cc([C@@H]1C[C@@H]3CS(=O)(=O)C[C@@H]3C1)c(=O)n2C)c1cccc(C(F)F)c1F. The smallest absolute Gasteiger partial charge is 0.266 e. The molecule has 5 rings (SSSR count). The molecule has 0 amide bonds. The van der Waals surface area contributed by atoms with Crippen molar-refractivity contribution in [2.75, 3.05) is 11.5 Å². The Bertz CT molecular complexity index is 1470. The molecule has 36 heavy (non-hydrogen) atoms. The van der Waals surface area contributed by atoms with E-state index in [1.165, 1.54) is 23.0 Å². The molecule has 192 valence electrons. The van der Waals surface area contributed by atoms with Gasteiger partial charge in [-0.25, -0.2) is 31.6 Å². The van der Waals surface area contributed by atoms with E-state index in [2.05, 4.69) is 9.97 Å². The van der Waals surface area contributed by atoms with Crippen molar-refractivity contribution in [3.05, 3.63) is 69.1 Å². The van der Waals surface area contributed by atoms with Gasteiger partial charge in [0.05, 0.1) is 22.8 Å². The van der Waals surface area contributed by atoms with Gasteiger partial charge < -0.3 is 0 Å². The van der Waals surface area contributed by atoms with Gasteiger partial charge in [-0.2, -0.15) is 0 Å². The summed E-state index contributed by atoms with van der Waals surface area (Å²) >= 11 is 0. The van der Waals surface area contributed by atoms with Crippen molar-refractivity contribution < 1.29 is 21.6 Å². The number of fused-ring (bicyclic) bond motifs is 2. The Labute approximate surface area is 207 Å². The van der Waals surface area contributed by atoms with Crippen LogP contribution >= 0.6 is 0 Å². The van der Waals surface area contributed by atoms with Gasteiger partial charge in [0.2, 0.25) is 0 Å². The first-order valence-electron chi connectivity index (χ1n) is 12.2.